The van der Waals surface area contributed by atoms with Crippen molar-refractivity contribution < 1.29 is 32.7 Å². The van der Waals surface area contributed by atoms with Crippen LogP contribution in [-0.2, 0) is 36.0 Å². The number of benzene rings is 6. The second-order valence-electron chi connectivity index (χ2n) is 18.1. The minimum Gasteiger partial charge on any atom is -0.386 e. The average Bonchev–Trinajstić information content (AvgIpc) is 4.13. The number of hydrogen-bond donors (Lipinski definition) is 0. The van der Waals surface area contributed by atoms with Crippen LogP contribution in [0.4, 0.5) is 31.5 Å². The highest BCUT2D eigenvalue weighted by molar-refractivity contribution is 9.10. The first-order valence-electron chi connectivity index (χ1n) is 21.1. The van der Waals surface area contributed by atoms with E-state index in [9.17, 15) is 19.2 Å². The van der Waals surface area contributed by atoms with Gasteiger partial charge in [0.2, 0.25) is 11.8 Å². The third-order valence-electron chi connectivity index (χ3n) is 14.4. The highest BCUT2D eigenvalue weighted by Crippen LogP contribution is 2.75. The van der Waals surface area contributed by atoms with Crippen molar-refractivity contribution in [2.75, 3.05) is 9.80 Å². The van der Waals surface area contributed by atoms with E-state index < -0.39 is 45.2 Å². The summed E-state index contributed by atoms with van der Waals surface area (Å²) in [5.74, 6) is -3.55. The third kappa shape index (κ3) is 6.21. The summed E-state index contributed by atoms with van der Waals surface area (Å²) in [5, 5.41) is 1.11. The second kappa shape index (κ2) is 15.2. The number of ether oxygens (including phenoxy) is 1. The van der Waals surface area contributed by atoms with E-state index >= 15 is 8.78 Å². The van der Waals surface area contributed by atoms with Crippen molar-refractivity contribution in [3.63, 3.8) is 0 Å². The van der Waals surface area contributed by atoms with Crippen molar-refractivity contribution >= 4 is 102 Å². The summed E-state index contributed by atoms with van der Waals surface area (Å²) in [4.78, 5) is 60.9. The summed E-state index contributed by atoms with van der Waals surface area (Å²) in [5.41, 5.74) is 0.915. The molecule has 7 nitrogen and oxygen atoms in total. The molecule has 0 bridgehead atoms. The molecule has 6 aromatic carbocycles. The largest absolute Gasteiger partial charge is 0.386 e. The van der Waals surface area contributed by atoms with Crippen molar-refractivity contribution in [1.82, 2.24) is 0 Å². The summed E-state index contributed by atoms with van der Waals surface area (Å²) in [6.07, 6.45) is 0.870. The SMILES string of the molecule is CC(C)C1(c2ccc(Cl)cc2)CC12C(=O)N(c1cc(Br)cc(C(=O)OC(=O)c3cc(Br)cc(N4C(=O)C5(CC5(c5ccc(Cl)cc5)C(C)C)c5cc(F)ccc54)c3)c1)c1ccc(F)cc12. The Bertz CT molecular complexity index is 2870. The molecule has 4 atom stereocenters. The van der Waals surface area contributed by atoms with E-state index in [1.54, 1.807) is 48.5 Å². The van der Waals surface area contributed by atoms with Crippen LogP contribution < -0.4 is 9.80 Å². The fraction of sp³-hybridized carbons (Fsp3) is 0.231. The minimum atomic E-state index is -1.10. The summed E-state index contributed by atoms with van der Waals surface area (Å²) in [7, 11) is 0. The van der Waals surface area contributed by atoms with Crippen LogP contribution in [0.2, 0.25) is 10.0 Å². The van der Waals surface area contributed by atoms with Gasteiger partial charge >= 0.3 is 11.9 Å². The van der Waals surface area contributed by atoms with Crippen molar-refractivity contribution in [1.29, 1.82) is 0 Å². The lowest BCUT2D eigenvalue weighted by Gasteiger charge is -2.27. The zero-order chi connectivity index (χ0) is 46.1. The molecule has 0 aromatic heterocycles. The molecule has 10 rings (SSSR count). The minimum absolute atomic E-state index is 0.0274. The van der Waals surface area contributed by atoms with Crippen LogP contribution in [-0.4, -0.2) is 23.8 Å². The van der Waals surface area contributed by atoms with Crippen LogP contribution in [0.15, 0.2) is 130 Å². The number of carbonyl (C=O) groups excluding carboxylic acids is 4. The topological polar surface area (TPSA) is 84.0 Å². The number of esters is 2. The van der Waals surface area contributed by atoms with Crippen molar-refractivity contribution in [3.05, 3.63) is 185 Å². The van der Waals surface area contributed by atoms with E-state index in [0.29, 0.717) is 65.7 Å². The Balaban J connectivity index is 0.965. The van der Waals surface area contributed by atoms with Crippen LogP contribution in [0.5, 0.6) is 0 Å². The van der Waals surface area contributed by atoms with Gasteiger partial charge in [0.05, 0.1) is 44.7 Å². The maximum Gasteiger partial charge on any atom is 0.346 e. The van der Waals surface area contributed by atoms with Crippen molar-refractivity contribution in [2.24, 2.45) is 11.8 Å². The number of carbonyl (C=O) groups is 4. The maximum absolute atomic E-state index is 15.1. The van der Waals surface area contributed by atoms with Gasteiger partial charge in [-0.05, 0) is 144 Å². The van der Waals surface area contributed by atoms with Gasteiger partial charge in [-0.25, -0.2) is 18.4 Å². The molecule has 2 aliphatic heterocycles. The molecule has 0 radical (unpaired) electrons. The van der Waals surface area contributed by atoms with Gasteiger partial charge in [0, 0.05) is 29.8 Å². The van der Waals surface area contributed by atoms with Crippen LogP contribution in [0.3, 0.4) is 0 Å². The maximum atomic E-state index is 15.1. The smallest absolute Gasteiger partial charge is 0.346 e. The summed E-state index contributed by atoms with van der Waals surface area (Å²) in [6.45, 7) is 8.18. The molecular weight excluding hydrogens is 1000 g/mol. The molecule has 2 saturated carbocycles. The van der Waals surface area contributed by atoms with E-state index in [-0.39, 0.29) is 34.8 Å². The van der Waals surface area contributed by atoms with Gasteiger partial charge in [0.1, 0.15) is 11.6 Å². The number of fused-ring (bicyclic) bond motifs is 4. The quantitative estimate of drug-likeness (QED) is 0.112. The average molecular weight is 1040 g/mol. The van der Waals surface area contributed by atoms with Crippen LogP contribution in [0.1, 0.15) is 83.5 Å². The van der Waals surface area contributed by atoms with E-state index in [0.717, 1.165) is 11.1 Å². The molecule has 65 heavy (non-hydrogen) atoms. The third-order valence-corrected chi connectivity index (χ3v) is 15.9. The number of nitrogens with zero attached hydrogens (tertiary/aromatic N) is 2. The summed E-state index contributed by atoms with van der Waals surface area (Å²) < 4.78 is 36.6. The molecule has 4 unspecified atom stereocenters. The van der Waals surface area contributed by atoms with Gasteiger partial charge < -0.3 is 4.74 Å². The predicted molar refractivity (Wildman–Crippen MR) is 254 cm³/mol. The lowest BCUT2D eigenvalue weighted by Crippen LogP contribution is -2.36. The molecule has 4 aliphatic rings. The molecule has 0 N–H and O–H groups in total. The molecule has 2 aliphatic carbocycles. The first-order chi connectivity index (χ1) is 30.9. The molecule has 13 heteroatoms. The van der Waals surface area contributed by atoms with Gasteiger partial charge in [-0.1, -0.05) is 107 Å². The fourth-order valence-electron chi connectivity index (χ4n) is 11.5. The molecule has 328 valence electrons. The van der Waals surface area contributed by atoms with E-state index in [1.807, 2.05) is 52.0 Å². The van der Waals surface area contributed by atoms with Crippen LogP contribution >= 0.6 is 55.1 Å². The molecular formula is C52H38Br2Cl2F2N2O5. The van der Waals surface area contributed by atoms with Gasteiger partial charge in [0.25, 0.3) is 0 Å². The number of amides is 2. The van der Waals surface area contributed by atoms with Crippen LogP contribution in [0, 0.1) is 23.5 Å². The van der Waals surface area contributed by atoms with E-state index in [2.05, 4.69) is 31.9 Å². The Morgan fingerprint density at radius 1 is 0.569 bits per heavy atom. The van der Waals surface area contributed by atoms with Gasteiger partial charge in [0.15, 0.2) is 0 Å². The van der Waals surface area contributed by atoms with Crippen LogP contribution in [0.25, 0.3) is 0 Å². The molecule has 2 spiro atoms. The van der Waals surface area contributed by atoms with Crippen molar-refractivity contribution in [3.8, 4) is 0 Å². The number of anilines is 4. The van der Waals surface area contributed by atoms with E-state index in [1.165, 1.54) is 58.3 Å². The first-order valence-corrected chi connectivity index (χ1v) is 23.4. The summed E-state index contributed by atoms with van der Waals surface area (Å²) in [6, 6.07) is 32.6. The highest BCUT2D eigenvalue weighted by Gasteiger charge is 2.79. The second-order valence-corrected chi connectivity index (χ2v) is 20.8. The van der Waals surface area contributed by atoms with Gasteiger partial charge in [-0.15, -0.1) is 0 Å². The highest BCUT2D eigenvalue weighted by atomic mass is 79.9. The normalized spacial score (nSPS) is 23.8. The number of rotatable bonds is 8. The molecule has 2 amide bonds. The lowest BCUT2D eigenvalue weighted by molar-refractivity contribution is -0.121. The molecule has 2 heterocycles. The Hall–Kier alpha value is -5.20. The lowest BCUT2D eigenvalue weighted by atomic mass is 9.75. The summed E-state index contributed by atoms with van der Waals surface area (Å²) >= 11 is 19.5. The Kier molecular flexibility index (Phi) is 10.2. The fourth-order valence-corrected chi connectivity index (χ4v) is 12.7. The number of hydrogen-bond acceptors (Lipinski definition) is 5. The van der Waals surface area contributed by atoms with Gasteiger partial charge in [-0.2, -0.15) is 0 Å². The van der Waals surface area contributed by atoms with Gasteiger partial charge in [-0.3, -0.25) is 19.4 Å². The molecule has 0 saturated heterocycles. The van der Waals surface area contributed by atoms with Crippen molar-refractivity contribution in [2.45, 2.75) is 62.2 Å². The molecule has 6 aromatic rings. The Morgan fingerprint density at radius 2 is 0.938 bits per heavy atom. The zero-order valence-corrected chi connectivity index (χ0v) is 40.0. The zero-order valence-electron chi connectivity index (χ0n) is 35.3. The number of halogens is 6. The first kappa shape index (κ1) is 43.7. The monoisotopic (exact) mass is 1040 g/mol. The van der Waals surface area contributed by atoms with E-state index in [4.69, 9.17) is 27.9 Å². The predicted octanol–water partition coefficient (Wildman–Crippen LogP) is 13.6. The standard InChI is InChI=1S/C52H38Br2Cl2F2N2O5/c1-27(2)49(31-5-9-35(55)10-6-31)25-51(49)41-23-37(57)13-15-43(41)59(47(51)63)39-19-29(17-33(53)21-39)45(61)65-46(62)30-18-34(54)22-40(20-30)60-44-16-14-38(58)24-42(44)52(48(60)64)26-50(52,28(3)4)32-7-11-36(56)12-8-32/h5-24,27-28H,25-26H2,1-4H3. The Labute approximate surface area is 400 Å². The Morgan fingerprint density at radius 3 is 1.29 bits per heavy atom. The molecule has 2 fully saturated rings.